The maximum Gasteiger partial charge on any atom is 0.230 e. The zero-order valence-electron chi connectivity index (χ0n) is 14.0. The lowest BCUT2D eigenvalue weighted by Crippen LogP contribution is -2.64. The van der Waals surface area contributed by atoms with Crippen LogP contribution in [0.2, 0.25) is 0 Å². The number of carbonyl (C=O) groups excluding carboxylic acids is 2. The third-order valence-corrected chi connectivity index (χ3v) is 7.11. The van der Waals surface area contributed by atoms with Gasteiger partial charge in [-0.05, 0) is 25.2 Å². The predicted octanol–water partition coefficient (Wildman–Crippen LogP) is -0.880. The average Bonchev–Trinajstić information content (AvgIpc) is 2.74. The summed E-state index contributed by atoms with van der Waals surface area (Å²) in [4.78, 5) is 25.3. The molecule has 3 rings (SSSR count). The van der Waals surface area contributed by atoms with Crippen LogP contribution in [-0.4, -0.2) is 77.3 Å². The van der Waals surface area contributed by atoms with Crippen LogP contribution >= 0.6 is 11.8 Å². The predicted molar refractivity (Wildman–Crippen MR) is 85.1 cm³/mol. The quantitative estimate of drug-likeness (QED) is 0.501. The molecular weight excluding hydrogens is 316 g/mol. The van der Waals surface area contributed by atoms with E-state index in [1.54, 1.807) is 11.8 Å². The van der Waals surface area contributed by atoms with E-state index in [1.807, 2.05) is 0 Å². The fourth-order valence-electron chi connectivity index (χ4n) is 4.40. The Kier molecular flexibility index (Phi) is 4.40. The molecule has 0 aromatic heterocycles. The molecule has 1 aliphatic carbocycles. The number of aliphatic carboxylic acids is 1. The van der Waals surface area contributed by atoms with Gasteiger partial charge >= 0.3 is 0 Å². The number of hydrogen-bond donors (Lipinski definition) is 1. The van der Waals surface area contributed by atoms with E-state index >= 15 is 0 Å². The number of carbonyl (C=O) groups is 2. The standard InChI is InChI=1S/C16H26N2O4S/c1-18(2,3)8-9-6-10(7-9)13-12(16(21)22)17-14(20)11(4-5-19)15(17)23-13/h9-13,15,19H,4-8H2,1-3H3/t9?,10?,11-,12?,13?,15+/m0/s1. The number of carboxylic acid groups (broad SMARTS) is 1. The summed E-state index contributed by atoms with van der Waals surface area (Å²) in [5.74, 6) is -0.488. The van der Waals surface area contributed by atoms with E-state index in [1.165, 1.54) is 4.90 Å². The van der Waals surface area contributed by atoms with Crippen molar-refractivity contribution in [2.45, 2.75) is 35.9 Å². The fourth-order valence-corrected chi connectivity index (χ4v) is 6.37. The largest absolute Gasteiger partial charge is 0.548 e. The van der Waals surface area contributed by atoms with Crippen molar-refractivity contribution in [1.29, 1.82) is 0 Å². The number of aliphatic hydroxyl groups is 1. The molecule has 1 saturated carbocycles. The number of amides is 1. The summed E-state index contributed by atoms with van der Waals surface area (Å²) in [6, 6.07) is -0.789. The van der Waals surface area contributed by atoms with E-state index < -0.39 is 12.0 Å². The Balaban J connectivity index is 1.64. The van der Waals surface area contributed by atoms with Gasteiger partial charge in [0, 0.05) is 17.8 Å². The Bertz CT molecular complexity index is 501. The molecule has 0 aromatic rings. The molecule has 7 heteroatoms. The third kappa shape index (κ3) is 2.98. The van der Waals surface area contributed by atoms with E-state index in [2.05, 4.69) is 21.1 Å². The molecule has 23 heavy (non-hydrogen) atoms. The molecule has 4 atom stereocenters. The summed E-state index contributed by atoms with van der Waals surface area (Å²) < 4.78 is 0.922. The van der Waals surface area contributed by atoms with Crippen molar-refractivity contribution < 1.29 is 24.3 Å². The molecular formula is C16H26N2O4S. The third-order valence-electron chi connectivity index (χ3n) is 5.32. The first-order valence-corrected chi connectivity index (χ1v) is 9.27. The molecule has 130 valence electrons. The second-order valence-electron chi connectivity index (χ2n) is 8.19. The average molecular weight is 342 g/mol. The number of carboxylic acids is 1. The highest BCUT2D eigenvalue weighted by Gasteiger charge is 2.60. The summed E-state index contributed by atoms with van der Waals surface area (Å²) in [7, 11) is 6.52. The lowest BCUT2D eigenvalue weighted by molar-refractivity contribution is -0.874. The van der Waals surface area contributed by atoms with Crippen molar-refractivity contribution in [3.63, 3.8) is 0 Å². The van der Waals surface area contributed by atoms with Crippen LogP contribution in [0.4, 0.5) is 0 Å². The zero-order valence-corrected chi connectivity index (χ0v) is 14.8. The number of thioether (sulfide) groups is 1. The van der Waals surface area contributed by atoms with Gasteiger partial charge in [0.1, 0.15) is 0 Å². The number of rotatable bonds is 6. The van der Waals surface area contributed by atoms with Gasteiger partial charge in [0.05, 0.1) is 51.0 Å². The molecule has 2 saturated heterocycles. The molecule has 0 radical (unpaired) electrons. The van der Waals surface area contributed by atoms with Crippen LogP contribution in [0.3, 0.4) is 0 Å². The first kappa shape index (κ1) is 17.0. The van der Waals surface area contributed by atoms with Gasteiger partial charge in [-0.15, -0.1) is 11.8 Å². The van der Waals surface area contributed by atoms with Crippen LogP contribution in [0, 0.1) is 17.8 Å². The minimum atomic E-state index is -1.13. The van der Waals surface area contributed by atoms with Gasteiger partial charge in [-0.1, -0.05) is 0 Å². The maximum atomic E-state index is 12.2. The summed E-state index contributed by atoms with van der Waals surface area (Å²) in [6.07, 6.45) is 2.50. The van der Waals surface area contributed by atoms with Gasteiger partial charge in [0.25, 0.3) is 0 Å². The number of hydrogen-bond acceptors (Lipinski definition) is 5. The van der Waals surface area contributed by atoms with Crippen molar-refractivity contribution in [1.82, 2.24) is 4.90 Å². The smallest absolute Gasteiger partial charge is 0.230 e. The minimum absolute atomic E-state index is 0.0308. The van der Waals surface area contributed by atoms with E-state index in [9.17, 15) is 14.7 Å². The first-order valence-electron chi connectivity index (χ1n) is 8.32. The molecule has 0 spiro atoms. The van der Waals surface area contributed by atoms with E-state index in [-0.39, 0.29) is 29.1 Å². The van der Waals surface area contributed by atoms with Crippen LogP contribution in [0.25, 0.3) is 0 Å². The molecule has 2 heterocycles. The minimum Gasteiger partial charge on any atom is -0.548 e. The highest BCUT2D eigenvalue weighted by Crippen LogP contribution is 2.54. The van der Waals surface area contributed by atoms with E-state index in [4.69, 9.17) is 5.11 Å². The van der Waals surface area contributed by atoms with Gasteiger partial charge in [-0.25, -0.2) is 0 Å². The highest BCUT2D eigenvalue weighted by molar-refractivity contribution is 8.01. The Hall–Kier alpha value is -0.790. The van der Waals surface area contributed by atoms with Crippen molar-refractivity contribution in [2.75, 3.05) is 34.3 Å². The first-order chi connectivity index (χ1) is 10.7. The van der Waals surface area contributed by atoms with Crippen LogP contribution in [0.1, 0.15) is 19.3 Å². The molecule has 1 N–H and O–H groups in total. The maximum absolute atomic E-state index is 12.2. The van der Waals surface area contributed by atoms with E-state index in [0.717, 1.165) is 23.9 Å². The number of β-lactam (4-membered cyclic amide) rings is 1. The highest BCUT2D eigenvalue weighted by atomic mass is 32.2. The lowest BCUT2D eigenvalue weighted by atomic mass is 9.71. The van der Waals surface area contributed by atoms with Crippen molar-refractivity contribution in [3.8, 4) is 0 Å². The normalized spacial score (nSPS) is 39.7. The Morgan fingerprint density at radius 3 is 2.57 bits per heavy atom. The number of aliphatic hydroxyl groups excluding tert-OH is 1. The van der Waals surface area contributed by atoms with Crippen molar-refractivity contribution in [3.05, 3.63) is 0 Å². The SMILES string of the molecule is C[N+](C)(C)CC1CC(C2S[C@@H]3[C@@H](CCO)C(=O)N3C2C(=O)[O-])C1. The van der Waals surface area contributed by atoms with Gasteiger partial charge < -0.3 is 24.4 Å². The van der Waals surface area contributed by atoms with Gasteiger partial charge in [0.15, 0.2) is 0 Å². The van der Waals surface area contributed by atoms with Gasteiger partial charge in [-0.2, -0.15) is 0 Å². The van der Waals surface area contributed by atoms with Crippen molar-refractivity contribution in [2.24, 2.45) is 17.8 Å². The van der Waals surface area contributed by atoms with Crippen LogP contribution in [0.5, 0.6) is 0 Å². The summed E-state index contributed by atoms with van der Waals surface area (Å²) in [5.41, 5.74) is 0. The second kappa shape index (κ2) is 5.93. The molecule has 3 aliphatic rings. The van der Waals surface area contributed by atoms with Crippen LogP contribution in [0.15, 0.2) is 0 Å². The Labute approximate surface area is 141 Å². The summed E-state index contributed by atoms with van der Waals surface area (Å²) >= 11 is 1.62. The number of quaternary nitrogens is 1. The van der Waals surface area contributed by atoms with Gasteiger partial charge in [0.2, 0.25) is 5.91 Å². The monoisotopic (exact) mass is 342 g/mol. The topological polar surface area (TPSA) is 80.7 Å². The van der Waals surface area contributed by atoms with Gasteiger partial charge in [-0.3, -0.25) is 4.79 Å². The Morgan fingerprint density at radius 1 is 1.39 bits per heavy atom. The van der Waals surface area contributed by atoms with Crippen LogP contribution < -0.4 is 5.11 Å². The fraction of sp³-hybridized carbons (Fsp3) is 0.875. The van der Waals surface area contributed by atoms with Crippen LogP contribution in [-0.2, 0) is 9.59 Å². The molecule has 1 amide bonds. The van der Waals surface area contributed by atoms with Crippen molar-refractivity contribution >= 4 is 23.6 Å². The van der Waals surface area contributed by atoms with E-state index in [0.29, 0.717) is 18.3 Å². The molecule has 0 aromatic carbocycles. The number of nitrogens with zero attached hydrogens (tertiary/aromatic N) is 2. The lowest BCUT2D eigenvalue weighted by Gasteiger charge is -2.46. The molecule has 2 unspecified atom stereocenters. The molecule has 2 aliphatic heterocycles. The zero-order chi connectivity index (χ0) is 16.9. The second-order valence-corrected chi connectivity index (χ2v) is 9.49. The summed E-state index contributed by atoms with van der Waals surface area (Å²) in [5, 5.41) is 20.5. The summed E-state index contributed by atoms with van der Waals surface area (Å²) in [6.45, 7) is 1.07. The molecule has 3 fully saturated rings. The molecule has 6 nitrogen and oxygen atoms in total. The molecule has 0 bridgehead atoms. The number of fused-ring (bicyclic) bond motifs is 1. The Morgan fingerprint density at radius 2 is 2.04 bits per heavy atom.